The van der Waals surface area contributed by atoms with E-state index in [2.05, 4.69) is 53.3 Å². The first-order valence-electron chi connectivity index (χ1n) is 11.9. The van der Waals surface area contributed by atoms with Gasteiger partial charge in [0.15, 0.2) is 5.96 Å². The number of likely N-dealkylation sites (tertiary alicyclic amines) is 1. The molecule has 0 radical (unpaired) electrons. The molecule has 0 atom stereocenters. The lowest BCUT2D eigenvalue weighted by Gasteiger charge is -2.15. The lowest BCUT2D eigenvalue weighted by Crippen LogP contribution is -2.25. The monoisotopic (exact) mass is 457 g/mol. The van der Waals surface area contributed by atoms with Crippen molar-refractivity contribution in [2.45, 2.75) is 33.6 Å². The summed E-state index contributed by atoms with van der Waals surface area (Å²) in [6.07, 6.45) is 2.58. The predicted molar refractivity (Wildman–Crippen MR) is 143 cm³/mol. The molecule has 3 aromatic rings. The number of ether oxygens (including phenoxy) is 1. The van der Waals surface area contributed by atoms with Crippen molar-refractivity contribution in [1.82, 2.24) is 4.90 Å². The van der Waals surface area contributed by atoms with Crippen LogP contribution in [-0.4, -0.2) is 37.1 Å². The van der Waals surface area contributed by atoms with E-state index in [1.54, 1.807) is 0 Å². The summed E-state index contributed by atoms with van der Waals surface area (Å²) in [7, 11) is 0. The number of anilines is 2. The number of hydrogen-bond donors (Lipinski definition) is 3. The van der Waals surface area contributed by atoms with Crippen molar-refractivity contribution in [3.8, 4) is 16.9 Å². The topological polar surface area (TPSA) is 88.9 Å². The van der Waals surface area contributed by atoms with Crippen molar-refractivity contribution in [2.75, 3.05) is 37.3 Å². The van der Waals surface area contributed by atoms with E-state index in [-0.39, 0.29) is 5.96 Å². The number of nitrogens with zero attached hydrogens (tertiary/aromatic N) is 2. The standard InChI is InChI=1S/C28H35N5O/c1-19-8-6-9-20(2)26(19)22-16-21(3)27(25(29)17-22)32-28(30)31-23-10-7-11-24(18-23)34-15-14-33-12-4-5-13-33/h6-11,16-18H,4-5,12-15,29H2,1-3H3,(H3,30,31,32). The number of rotatable bonds is 7. The summed E-state index contributed by atoms with van der Waals surface area (Å²) in [5.74, 6) is 1.09. The van der Waals surface area contributed by atoms with E-state index in [1.807, 2.05) is 37.3 Å². The largest absolute Gasteiger partial charge is 0.492 e. The number of nitrogen functional groups attached to an aromatic ring is 1. The van der Waals surface area contributed by atoms with E-state index in [4.69, 9.17) is 16.2 Å². The Balaban J connectivity index is 1.46. The number of nitrogens with one attached hydrogen (secondary N) is 1. The van der Waals surface area contributed by atoms with Crippen molar-refractivity contribution in [2.24, 2.45) is 10.7 Å². The number of benzene rings is 3. The Kier molecular flexibility index (Phi) is 7.38. The maximum atomic E-state index is 6.42. The zero-order chi connectivity index (χ0) is 24.1. The van der Waals surface area contributed by atoms with Gasteiger partial charge in [0.25, 0.3) is 0 Å². The predicted octanol–water partition coefficient (Wildman–Crippen LogP) is 5.39. The Hall–Kier alpha value is -3.51. The van der Waals surface area contributed by atoms with Crippen LogP contribution in [0.2, 0.25) is 0 Å². The fourth-order valence-electron chi connectivity index (χ4n) is 4.63. The molecule has 4 rings (SSSR count). The van der Waals surface area contributed by atoms with E-state index in [0.717, 1.165) is 29.1 Å². The molecular weight excluding hydrogens is 422 g/mol. The molecule has 0 aromatic heterocycles. The van der Waals surface area contributed by atoms with Gasteiger partial charge in [-0.3, -0.25) is 4.90 Å². The second-order valence-corrected chi connectivity index (χ2v) is 9.04. The highest BCUT2D eigenvalue weighted by atomic mass is 16.5. The molecule has 5 N–H and O–H groups in total. The van der Waals surface area contributed by atoms with Crippen LogP contribution in [-0.2, 0) is 0 Å². The highest BCUT2D eigenvalue weighted by Crippen LogP contribution is 2.35. The fraction of sp³-hybridized carbons (Fsp3) is 0.321. The Morgan fingerprint density at radius 3 is 2.38 bits per heavy atom. The summed E-state index contributed by atoms with van der Waals surface area (Å²) in [5.41, 5.74) is 20.5. The van der Waals surface area contributed by atoms with Gasteiger partial charge in [-0.05, 0) is 98.8 Å². The van der Waals surface area contributed by atoms with Crippen molar-refractivity contribution >= 4 is 23.0 Å². The molecule has 0 bridgehead atoms. The van der Waals surface area contributed by atoms with Gasteiger partial charge in [0.1, 0.15) is 12.4 Å². The van der Waals surface area contributed by atoms with Gasteiger partial charge in [0.2, 0.25) is 0 Å². The van der Waals surface area contributed by atoms with Gasteiger partial charge in [0, 0.05) is 18.3 Å². The third-order valence-electron chi connectivity index (χ3n) is 6.31. The van der Waals surface area contributed by atoms with Gasteiger partial charge in [-0.25, -0.2) is 4.99 Å². The second kappa shape index (κ2) is 10.6. The Morgan fingerprint density at radius 1 is 0.971 bits per heavy atom. The minimum Gasteiger partial charge on any atom is -0.492 e. The lowest BCUT2D eigenvalue weighted by molar-refractivity contribution is 0.238. The average molecular weight is 458 g/mol. The molecule has 0 aliphatic carbocycles. The fourth-order valence-corrected chi connectivity index (χ4v) is 4.63. The van der Waals surface area contributed by atoms with Crippen LogP contribution in [0.5, 0.6) is 5.75 Å². The van der Waals surface area contributed by atoms with Crippen molar-refractivity contribution in [3.63, 3.8) is 0 Å². The first-order chi connectivity index (χ1) is 16.4. The SMILES string of the molecule is Cc1cc(-c2c(C)cccc2C)cc(N)c1N=C(N)Nc1cccc(OCCN2CCCC2)c1. The highest BCUT2D eigenvalue weighted by molar-refractivity contribution is 5.96. The molecule has 1 aliphatic heterocycles. The summed E-state index contributed by atoms with van der Waals surface area (Å²) >= 11 is 0. The number of guanidine groups is 1. The van der Waals surface area contributed by atoms with Crippen LogP contribution in [0.1, 0.15) is 29.5 Å². The van der Waals surface area contributed by atoms with Crippen LogP contribution < -0.4 is 21.5 Å². The molecule has 0 amide bonds. The summed E-state index contributed by atoms with van der Waals surface area (Å²) < 4.78 is 5.94. The van der Waals surface area contributed by atoms with E-state index < -0.39 is 0 Å². The average Bonchev–Trinajstić information content (AvgIpc) is 3.30. The lowest BCUT2D eigenvalue weighted by atomic mass is 9.94. The van der Waals surface area contributed by atoms with Crippen LogP contribution in [0, 0.1) is 20.8 Å². The maximum absolute atomic E-state index is 6.42. The molecule has 6 heteroatoms. The van der Waals surface area contributed by atoms with Crippen molar-refractivity contribution in [1.29, 1.82) is 0 Å². The summed E-state index contributed by atoms with van der Waals surface area (Å²) in [4.78, 5) is 7.02. The van der Waals surface area contributed by atoms with Crippen molar-refractivity contribution in [3.05, 3.63) is 71.3 Å². The van der Waals surface area contributed by atoms with Gasteiger partial charge >= 0.3 is 0 Å². The molecule has 1 fully saturated rings. The molecule has 1 heterocycles. The third kappa shape index (κ3) is 5.69. The van der Waals surface area contributed by atoms with Crippen LogP contribution in [0.4, 0.5) is 17.1 Å². The zero-order valence-corrected chi connectivity index (χ0v) is 20.4. The van der Waals surface area contributed by atoms with Gasteiger partial charge < -0.3 is 21.5 Å². The van der Waals surface area contributed by atoms with E-state index in [9.17, 15) is 0 Å². The number of aliphatic imine (C=N–C) groups is 1. The van der Waals surface area contributed by atoms with Gasteiger partial charge in [-0.2, -0.15) is 0 Å². The number of nitrogens with two attached hydrogens (primary N) is 2. The molecule has 178 valence electrons. The summed E-state index contributed by atoms with van der Waals surface area (Å²) in [6, 6.07) is 18.2. The van der Waals surface area contributed by atoms with E-state index in [0.29, 0.717) is 18.0 Å². The number of aryl methyl sites for hydroxylation is 3. The molecule has 1 aliphatic rings. The van der Waals surface area contributed by atoms with Gasteiger partial charge in [0.05, 0.1) is 11.4 Å². The molecule has 6 nitrogen and oxygen atoms in total. The van der Waals surface area contributed by atoms with Crippen LogP contribution in [0.25, 0.3) is 11.1 Å². The van der Waals surface area contributed by atoms with E-state index >= 15 is 0 Å². The minimum atomic E-state index is 0.281. The quantitative estimate of drug-likeness (QED) is 0.251. The van der Waals surface area contributed by atoms with Gasteiger partial charge in [-0.1, -0.05) is 24.3 Å². The molecule has 34 heavy (non-hydrogen) atoms. The first kappa shape index (κ1) is 23.6. The molecule has 0 unspecified atom stereocenters. The highest BCUT2D eigenvalue weighted by Gasteiger charge is 2.12. The summed E-state index contributed by atoms with van der Waals surface area (Å²) in [5, 5.41) is 3.16. The molecule has 0 saturated carbocycles. The van der Waals surface area contributed by atoms with Crippen LogP contribution in [0.3, 0.4) is 0 Å². The second-order valence-electron chi connectivity index (χ2n) is 9.04. The minimum absolute atomic E-state index is 0.281. The van der Waals surface area contributed by atoms with Crippen molar-refractivity contribution < 1.29 is 4.74 Å². The molecule has 1 saturated heterocycles. The maximum Gasteiger partial charge on any atom is 0.198 e. The molecule has 3 aromatic carbocycles. The van der Waals surface area contributed by atoms with Gasteiger partial charge in [-0.15, -0.1) is 0 Å². The van der Waals surface area contributed by atoms with E-state index in [1.165, 1.54) is 42.6 Å². The molecule has 0 spiro atoms. The normalized spacial score (nSPS) is 14.4. The Labute approximate surface area is 202 Å². The third-order valence-corrected chi connectivity index (χ3v) is 6.31. The summed E-state index contributed by atoms with van der Waals surface area (Å²) in [6.45, 7) is 10.2. The number of hydrogen-bond acceptors (Lipinski definition) is 4. The van der Waals surface area contributed by atoms with Crippen LogP contribution >= 0.6 is 0 Å². The zero-order valence-electron chi connectivity index (χ0n) is 20.4. The van der Waals surface area contributed by atoms with Crippen LogP contribution in [0.15, 0.2) is 59.6 Å². The first-order valence-corrected chi connectivity index (χ1v) is 11.9. The Bertz CT molecular complexity index is 1140. The smallest absolute Gasteiger partial charge is 0.198 e. The Morgan fingerprint density at radius 2 is 1.68 bits per heavy atom. The molecular formula is C28H35N5O.